The van der Waals surface area contributed by atoms with Gasteiger partial charge in [-0.3, -0.25) is 0 Å². The first-order valence-corrected chi connectivity index (χ1v) is 6.99. The Morgan fingerprint density at radius 2 is 1.67 bits per heavy atom. The van der Waals surface area contributed by atoms with E-state index in [2.05, 4.69) is 22.6 Å². The SMILES string of the molecule is CC[C@H](O)c1ccccc1Oc1ccccc1I. The Morgan fingerprint density at radius 3 is 2.33 bits per heavy atom. The van der Waals surface area contributed by atoms with Crippen LogP contribution in [-0.2, 0) is 0 Å². The van der Waals surface area contributed by atoms with Crippen molar-refractivity contribution in [2.45, 2.75) is 19.4 Å². The molecule has 0 saturated carbocycles. The fourth-order valence-corrected chi connectivity index (χ4v) is 2.21. The fourth-order valence-electron chi connectivity index (χ4n) is 1.71. The van der Waals surface area contributed by atoms with Crippen molar-refractivity contribution in [2.75, 3.05) is 0 Å². The van der Waals surface area contributed by atoms with Gasteiger partial charge in [0.25, 0.3) is 0 Å². The predicted octanol–water partition coefficient (Wildman–Crippen LogP) is 4.53. The molecule has 1 atom stereocenters. The number of hydrogen-bond donors (Lipinski definition) is 1. The Labute approximate surface area is 121 Å². The highest BCUT2D eigenvalue weighted by atomic mass is 127. The van der Waals surface area contributed by atoms with Crippen LogP contribution in [0, 0.1) is 3.57 Å². The molecule has 2 rings (SSSR count). The molecular weight excluding hydrogens is 339 g/mol. The van der Waals surface area contributed by atoms with Crippen LogP contribution in [0.3, 0.4) is 0 Å². The minimum Gasteiger partial charge on any atom is -0.456 e. The summed E-state index contributed by atoms with van der Waals surface area (Å²) < 4.78 is 6.95. The lowest BCUT2D eigenvalue weighted by Gasteiger charge is -2.15. The van der Waals surface area contributed by atoms with E-state index >= 15 is 0 Å². The Kier molecular flexibility index (Phi) is 4.60. The lowest BCUT2D eigenvalue weighted by molar-refractivity contribution is 0.170. The topological polar surface area (TPSA) is 29.5 Å². The zero-order valence-corrected chi connectivity index (χ0v) is 12.3. The molecule has 0 bridgehead atoms. The third kappa shape index (κ3) is 3.03. The highest BCUT2D eigenvalue weighted by Crippen LogP contribution is 2.32. The molecule has 0 unspecified atom stereocenters. The Balaban J connectivity index is 2.32. The van der Waals surface area contributed by atoms with Gasteiger partial charge < -0.3 is 9.84 Å². The van der Waals surface area contributed by atoms with Gasteiger partial charge in [-0.1, -0.05) is 37.3 Å². The molecule has 0 radical (unpaired) electrons. The first-order valence-electron chi connectivity index (χ1n) is 5.91. The van der Waals surface area contributed by atoms with Crippen molar-refractivity contribution in [2.24, 2.45) is 0 Å². The van der Waals surface area contributed by atoms with Crippen molar-refractivity contribution in [1.82, 2.24) is 0 Å². The maximum absolute atomic E-state index is 9.98. The number of aliphatic hydroxyl groups is 1. The van der Waals surface area contributed by atoms with Crippen molar-refractivity contribution in [3.8, 4) is 11.5 Å². The molecule has 0 aromatic heterocycles. The average molecular weight is 354 g/mol. The second-order valence-corrected chi connectivity index (χ2v) is 5.16. The van der Waals surface area contributed by atoms with E-state index in [4.69, 9.17) is 4.74 Å². The molecule has 0 heterocycles. The van der Waals surface area contributed by atoms with E-state index in [-0.39, 0.29) is 0 Å². The lowest BCUT2D eigenvalue weighted by Crippen LogP contribution is -1.99. The van der Waals surface area contributed by atoms with Gasteiger partial charge in [0.1, 0.15) is 11.5 Å². The molecule has 0 aliphatic carbocycles. The number of rotatable bonds is 4. The summed E-state index contributed by atoms with van der Waals surface area (Å²) in [5.74, 6) is 1.53. The number of hydrogen-bond acceptors (Lipinski definition) is 2. The van der Waals surface area contributed by atoms with Gasteiger partial charge in [-0.05, 0) is 47.2 Å². The van der Waals surface area contributed by atoms with E-state index in [9.17, 15) is 5.11 Å². The number of halogens is 1. The van der Waals surface area contributed by atoms with Gasteiger partial charge in [-0.15, -0.1) is 0 Å². The standard InChI is InChI=1S/C15H15IO2/c1-2-13(17)11-7-3-5-9-14(11)18-15-10-6-4-8-12(15)16/h3-10,13,17H,2H2,1H3/t13-/m0/s1. The van der Waals surface area contributed by atoms with E-state index in [1.807, 2.05) is 55.5 Å². The molecule has 0 spiro atoms. The van der Waals surface area contributed by atoms with Crippen LogP contribution in [0.15, 0.2) is 48.5 Å². The predicted molar refractivity (Wildman–Crippen MR) is 80.9 cm³/mol. The molecule has 2 aromatic rings. The van der Waals surface area contributed by atoms with E-state index in [1.54, 1.807) is 0 Å². The summed E-state index contributed by atoms with van der Waals surface area (Å²) in [4.78, 5) is 0. The molecule has 18 heavy (non-hydrogen) atoms. The quantitative estimate of drug-likeness (QED) is 0.818. The first kappa shape index (κ1) is 13.4. The number of benzene rings is 2. The Bertz CT molecular complexity index is 525. The minimum atomic E-state index is -0.484. The second kappa shape index (κ2) is 6.20. The Morgan fingerprint density at radius 1 is 1.06 bits per heavy atom. The maximum Gasteiger partial charge on any atom is 0.140 e. The largest absolute Gasteiger partial charge is 0.456 e. The zero-order chi connectivity index (χ0) is 13.0. The first-order chi connectivity index (χ1) is 8.72. The Hall–Kier alpha value is -1.07. The van der Waals surface area contributed by atoms with Gasteiger partial charge in [0.05, 0.1) is 9.67 Å². The summed E-state index contributed by atoms with van der Waals surface area (Å²) in [7, 11) is 0. The van der Waals surface area contributed by atoms with Gasteiger partial charge in [0.15, 0.2) is 0 Å². The van der Waals surface area contributed by atoms with Gasteiger partial charge in [0.2, 0.25) is 0 Å². The molecule has 1 N–H and O–H groups in total. The summed E-state index contributed by atoms with van der Waals surface area (Å²) in [6.07, 6.45) is 0.189. The van der Waals surface area contributed by atoms with Crippen LogP contribution in [0.2, 0.25) is 0 Å². The van der Waals surface area contributed by atoms with Crippen LogP contribution in [0.5, 0.6) is 11.5 Å². The van der Waals surface area contributed by atoms with Gasteiger partial charge in [-0.2, -0.15) is 0 Å². The van der Waals surface area contributed by atoms with E-state index in [1.165, 1.54) is 0 Å². The van der Waals surface area contributed by atoms with Crippen LogP contribution in [0.25, 0.3) is 0 Å². The lowest BCUT2D eigenvalue weighted by atomic mass is 10.1. The van der Waals surface area contributed by atoms with Gasteiger partial charge >= 0.3 is 0 Å². The fraction of sp³-hybridized carbons (Fsp3) is 0.200. The molecule has 0 aliphatic heterocycles. The van der Waals surface area contributed by atoms with Crippen LogP contribution >= 0.6 is 22.6 Å². The third-order valence-electron chi connectivity index (χ3n) is 2.72. The van der Waals surface area contributed by atoms with Crippen molar-refractivity contribution < 1.29 is 9.84 Å². The van der Waals surface area contributed by atoms with Gasteiger partial charge in [-0.25, -0.2) is 0 Å². The average Bonchev–Trinajstić information content (AvgIpc) is 2.41. The molecule has 94 valence electrons. The van der Waals surface area contributed by atoms with Crippen molar-refractivity contribution >= 4 is 22.6 Å². The summed E-state index contributed by atoms with van der Waals surface area (Å²) in [6.45, 7) is 1.95. The normalized spacial score (nSPS) is 12.2. The third-order valence-corrected chi connectivity index (χ3v) is 3.61. The second-order valence-electron chi connectivity index (χ2n) is 3.99. The van der Waals surface area contributed by atoms with Crippen LogP contribution in [0.1, 0.15) is 25.0 Å². The zero-order valence-electron chi connectivity index (χ0n) is 10.1. The molecule has 3 heteroatoms. The van der Waals surface area contributed by atoms with Crippen LogP contribution in [0.4, 0.5) is 0 Å². The monoisotopic (exact) mass is 354 g/mol. The number of aliphatic hydroxyl groups excluding tert-OH is 1. The van der Waals surface area contributed by atoms with Crippen molar-refractivity contribution in [3.63, 3.8) is 0 Å². The number of para-hydroxylation sites is 2. The molecule has 2 aromatic carbocycles. The summed E-state index contributed by atoms with van der Waals surface area (Å²) in [5.41, 5.74) is 0.833. The van der Waals surface area contributed by atoms with Crippen LogP contribution < -0.4 is 4.74 Å². The smallest absolute Gasteiger partial charge is 0.140 e. The highest BCUT2D eigenvalue weighted by Gasteiger charge is 2.12. The molecule has 0 aliphatic rings. The molecule has 0 amide bonds. The molecule has 0 saturated heterocycles. The summed E-state index contributed by atoms with van der Waals surface area (Å²) in [5, 5.41) is 9.98. The summed E-state index contributed by atoms with van der Waals surface area (Å²) >= 11 is 2.24. The maximum atomic E-state index is 9.98. The van der Waals surface area contributed by atoms with Crippen LogP contribution in [-0.4, -0.2) is 5.11 Å². The molecule has 2 nitrogen and oxygen atoms in total. The summed E-state index contributed by atoms with van der Waals surface area (Å²) in [6, 6.07) is 15.5. The van der Waals surface area contributed by atoms with Crippen molar-refractivity contribution in [3.05, 3.63) is 57.7 Å². The molecular formula is C15H15IO2. The molecule has 0 fully saturated rings. The minimum absolute atomic E-state index is 0.484. The van der Waals surface area contributed by atoms with E-state index < -0.39 is 6.10 Å². The number of ether oxygens (including phenoxy) is 1. The van der Waals surface area contributed by atoms with Crippen molar-refractivity contribution in [1.29, 1.82) is 0 Å². The van der Waals surface area contributed by atoms with E-state index in [0.29, 0.717) is 6.42 Å². The highest BCUT2D eigenvalue weighted by molar-refractivity contribution is 14.1. The van der Waals surface area contributed by atoms with Gasteiger partial charge in [0, 0.05) is 5.56 Å². The van der Waals surface area contributed by atoms with E-state index in [0.717, 1.165) is 20.6 Å².